The molecule has 0 aliphatic carbocycles. The van der Waals surface area contributed by atoms with Crippen molar-refractivity contribution in [3.63, 3.8) is 0 Å². The summed E-state index contributed by atoms with van der Waals surface area (Å²) in [6, 6.07) is 0. The summed E-state index contributed by atoms with van der Waals surface area (Å²) < 4.78 is 16.9. The van der Waals surface area contributed by atoms with Crippen molar-refractivity contribution in [2.45, 2.75) is 203 Å². The van der Waals surface area contributed by atoms with Crippen LogP contribution in [0.25, 0.3) is 0 Å². The molecule has 1 saturated heterocycles. The van der Waals surface area contributed by atoms with Crippen LogP contribution >= 0.6 is 0 Å². The van der Waals surface area contributed by atoms with E-state index in [1.54, 1.807) is 0 Å². The number of morpholine rings is 1. The van der Waals surface area contributed by atoms with Crippen LogP contribution in [0, 0.1) is 41.4 Å². The van der Waals surface area contributed by atoms with Crippen molar-refractivity contribution < 1.29 is 28.6 Å². The largest absolute Gasteiger partial charge is 0.465 e. The van der Waals surface area contributed by atoms with E-state index >= 15 is 0 Å². The van der Waals surface area contributed by atoms with Crippen LogP contribution in [0.2, 0.25) is 0 Å². The van der Waals surface area contributed by atoms with Crippen molar-refractivity contribution in [3.05, 3.63) is 0 Å². The fourth-order valence-corrected chi connectivity index (χ4v) is 7.65. The number of carbonyl (C=O) groups is 3. The van der Waals surface area contributed by atoms with Gasteiger partial charge in [0.2, 0.25) is 6.41 Å². The molecule has 0 saturated carbocycles. The van der Waals surface area contributed by atoms with Gasteiger partial charge < -0.3 is 19.9 Å². The molecule has 0 radical (unpaired) electrons. The molecule has 2 unspecified atom stereocenters. The Kier molecular flexibility index (Phi) is 36.5. The summed E-state index contributed by atoms with van der Waals surface area (Å²) in [6.07, 6.45) is 27.5. The van der Waals surface area contributed by atoms with Crippen molar-refractivity contribution in [1.29, 1.82) is 0 Å². The molecule has 1 fully saturated rings. The number of hydrogen-bond donors (Lipinski definition) is 1. The summed E-state index contributed by atoms with van der Waals surface area (Å²) in [5.41, 5.74) is 4.17. The molecule has 332 valence electrons. The zero-order chi connectivity index (χ0) is 41.8. The van der Waals surface area contributed by atoms with Crippen LogP contribution in [0.4, 0.5) is 0 Å². The molecule has 0 aromatic rings. The van der Waals surface area contributed by atoms with Gasteiger partial charge in [0.05, 0.1) is 26.4 Å². The third-order valence-corrected chi connectivity index (χ3v) is 12.0. The van der Waals surface area contributed by atoms with Gasteiger partial charge in [-0.1, -0.05) is 158 Å². The van der Waals surface area contributed by atoms with E-state index in [4.69, 9.17) is 19.0 Å². The number of amides is 1. The molecule has 2 N–H and O–H groups in total. The van der Waals surface area contributed by atoms with Crippen LogP contribution < -0.4 is 5.73 Å². The number of ether oxygens (including phenoxy) is 3. The lowest BCUT2D eigenvalue weighted by Crippen LogP contribution is -2.37. The van der Waals surface area contributed by atoms with Crippen molar-refractivity contribution in [3.8, 4) is 0 Å². The third kappa shape index (κ3) is 34.4. The van der Waals surface area contributed by atoms with Crippen molar-refractivity contribution >= 4 is 18.3 Å². The topological polar surface area (TPSA) is 108 Å². The van der Waals surface area contributed by atoms with Crippen LogP contribution in [0.1, 0.15) is 203 Å². The summed E-state index contributed by atoms with van der Waals surface area (Å²) in [5.74, 6) is 4.34. The van der Waals surface area contributed by atoms with Gasteiger partial charge in [-0.2, -0.15) is 0 Å². The summed E-state index contributed by atoms with van der Waals surface area (Å²) in [4.78, 5) is 35.8. The molecule has 8 nitrogen and oxygen atoms in total. The lowest BCUT2D eigenvalue weighted by atomic mass is 9.89. The monoisotopic (exact) mass is 795 g/mol. The number of carbonyl (C=O) groups excluding carboxylic acids is 3. The highest BCUT2D eigenvalue weighted by Crippen LogP contribution is 2.25. The number of primary amides is 1. The normalized spacial score (nSPS) is 15.1. The molecule has 1 aliphatic heterocycles. The van der Waals surface area contributed by atoms with Gasteiger partial charge in [-0.05, 0) is 80.1 Å². The second-order valence-electron chi connectivity index (χ2n) is 18.6. The van der Waals surface area contributed by atoms with E-state index in [9.17, 15) is 9.59 Å². The zero-order valence-electron chi connectivity index (χ0n) is 38.3. The van der Waals surface area contributed by atoms with Crippen LogP contribution in [-0.2, 0) is 28.6 Å². The Morgan fingerprint density at radius 2 is 0.911 bits per heavy atom. The molecule has 56 heavy (non-hydrogen) atoms. The van der Waals surface area contributed by atoms with Crippen molar-refractivity contribution in [2.24, 2.45) is 47.2 Å². The van der Waals surface area contributed by atoms with E-state index in [0.717, 1.165) is 70.7 Å². The second-order valence-corrected chi connectivity index (χ2v) is 18.6. The summed E-state index contributed by atoms with van der Waals surface area (Å²) in [6.45, 7) is 24.4. The van der Waals surface area contributed by atoms with Gasteiger partial charge in [0.15, 0.2) is 0 Å². The molecule has 1 heterocycles. The van der Waals surface area contributed by atoms with Gasteiger partial charge >= 0.3 is 11.9 Å². The molecule has 2 atom stereocenters. The Bertz CT molecular complexity index is 846. The Morgan fingerprint density at radius 1 is 0.554 bits per heavy atom. The molecule has 0 aromatic carbocycles. The Morgan fingerprint density at radius 3 is 1.27 bits per heavy atom. The predicted octanol–water partition coefficient (Wildman–Crippen LogP) is 12.0. The molecule has 1 rings (SSSR count). The first-order valence-corrected chi connectivity index (χ1v) is 23.7. The standard InChI is InChI=1S/C47H91NO5.CH3NO/c1-39(2)27-29-44(41(5)6)37-52-46(49)25-21-17-13-9-11-15-19-23-43(31-32-48-33-35-51-36-34-48)24-20-16-12-10-14-18-22-26-47(50)53-38-45(42(7)8)30-28-40(3)4;2-1-3/h39-45H,9-38H2,1-8H3;1H,(H2,2,3). The average Bonchev–Trinajstić information content (AvgIpc) is 3.15. The molecular weight excluding hydrogens is 701 g/mol. The highest BCUT2D eigenvalue weighted by Gasteiger charge is 2.18. The van der Waals surface area contributed by atoms with E-state index in [0.29, 0.717) is 61.6 Å². The maximum absolute atomic E-state index is 12.3. The van der Waals surface area contributed by atoms with E-state index < -0.39 is 0 Å². The lowest BCUT2D eigenvalue weighted by Gasteiger charge is -2.28. The summed E-state index contributed by atoms with van der Waals surface area (Å²) in [7, 11) is 0. The zero-order valence-corrected chi connectivity index (χ0v) is 38.3. The first-order chi connectivity index (χ1) is 26.9. The minimum atomic E-state index is 0.000224. The Labute approximate surface area is 347 Å². The van der Waals surface area contributed by atoms with E-state index in [1.165, 1.54) is 103 Å². The molecular formula is C48H94N2O6. The lowest BCUT2D eigenvalue weighted by molar-refractivity contribution is -0.146. The number of rotatable bonds is 35. The quantitative estimate of drug-likeness (QED) is 0.0386. The summed E-state index contributed by atoms with van der Waals surface area (Å²) >= 11 is 0. The van der Waals surface area contributed by atoms with Gasteiger partial charge in [-0.25, -0.2) is 0 Å². The first kappa shape index (κ1) is 54.3. The Hall–Kier alpha value is -1.67. The predicted molar refractivity (Wildman–Crippen MR) is 235 cm³/mol. The SMILES string of the molecule is CC(C)CCC(COC(=O)CCCCCCCCCC(CCCCCCCCCC(=O)OCC(CCC(C)C)C(C)C)CCN1CCOCC1)C(C)C.NC=O. The number of hydrogen-bond acceptors (Lipinski definition) is 7. The highest BCUT2D eigenvalue weighted by molar-refractivity contribution is 5.69. The van der Waals surface area contributed by atoms with Crippen LogP contribution in [0.15, 0.2) is 0 Å². The Balaban J connectivity index is 0.00000974. The van der Waals surface area contributed by atoms with E-state index in [-0.39, 0.29) is 18.3 Å². The van der Waals surface area contributed by atoms with Crippen molar-refractivity contribution in [2.75, 3.05) is 46.1 Å². The highest BCUT2D eigenvalue weighted by atomic mass is 16.5. The number of nitrogens with zero attached hydrogens (tertiary/aromatic N) is 1. The smallest absolute Gasteiger partial charge is 0.305 e. The van der Waals surface area contributed by atoms with Crippen LogP contribution in [0.3, 0.4) is 0 Å². The fourth-order valence-electron chi connectivity index (χ4n) is 7.65. The van der Waals surface area contributed by atoms with E-state index in [2.05, 4.69) is 66.0 Å². The van der Waals surface area contributed by atoms with Gasteiger partial charge in [0.25, 0.3) is 0 Å². The molecule has 0 spiro atoms. The maximum Gasteiger partial charge on any atom is 0.305 e. The molecule has 0 bridgehead atoms. The van der Waals surface area contributed by atoms with Gasteiger partial charge in [0.1, 0.15) is 0 Å². The van der Waals surface area contributed by atoms with Gasteiger partial charge in [0, 0.05) is 25.9 Å². The van der Waals surface area contributed by atoms with Gasteiger partial charge in [-0.15, -0.1) is 0 Å². The number of unbranched alkanes of at least 4 members (excludes halogenated alkanes) is 12. The third-order valence-electron chi connectivity index (χ3n) is 12.0. The molecule has 0 aromatic heterocycles. The van der Waals surface area contributed by atoms with E-state index in [1.807, 2.05) is 0 Å². The number of nitrogens with two attached hydrogens (primary N) is 1. The average molecular weight is 795 g/mol. The first-order valence-electron chi connectivity index (χ1n) is 23.7. The number of esters is 2. The summed E-state index contributed by atoms with van der Waals surface area (Å²) in [5, 5.41) is 0. The molecule has 8 heteroatoms. The maximum atomic E-state index is 12.3. The van der Waals surface area contributed by atoms with Crippen LogP contribution in [0.5, 0.6) is 0 Å². The molecule has 1 aliphatic rings. The minimum Gasteiger partial charge on any atom is -0.465 e. The minimum absolute atomic E-state index is 0.000224. The fraction of sp³-hybridized carbons (Fsp3) is 0.938. The molecule has 1 amide bonds. The second kappa shape index (κ2) is 37.6. The van der Waals surface area contributed by atoms with Crippen LogP contribution in [-0.4, -0.2) is 69.3 Å². The van der Waals surface area contributed by atoms with Gasteiger partial charge in [-0.3, -0.25) is 19.3 Å². The van der Waals surface area contributed by atoms with Crippen molar-refractivity contribution in [1.82, 2.24) is 4.90 Å².